The van der Waals surface area contributed by atoms with Crippen molar-refractivity contribution in [2.45, 2.75) is 33.1 Å². The predicted molar refractivity (Wildman–Crippen MR) is 75.3 cm³/mol. The lowest BCUT2D eigenvalue weighted by molar-refractivity contribution is 0.923. The van der Waals surface area contributed by atoms with Gasteiger partial charge in [0.2, 0.25) is 0 Å². The third kappa shape index (κ3) is 2.76. The molecule has 0 saturated carbocycles. The van der Waals surface area contributed by atoms with Gasteiger partial charge >= 0.3 is 0 Å². The first kappa shape index (κ1) is 11.9. The molecule has 0 atom stereocenters. The third-order valence-corrected chi connectivity index (χ3v) is 3.18. The molecule has 0 fully saturated rings. The van der Waals surface area contributed by atoms with Crippen molar-refractivity contribution in [1.29, 1.82) is 0 Å². The summed E-state index contributed by atoms with van der Waals surface area (Å²) in [5.41, 5.74) is 5.62. The lowest BCUT2D eigenvalue weighted by Crippen LogP contribution is -1.90. The summed E-state index contributed by atoms with van der Waals surface area (Å²) in [5, 5.41) is 0. The van der Waals surface area contributed by atoms with Gasteiger partial charge in [0, 0.05) is 0 Å². The van der Waals surface area contributed by atoms with Crippen molar-refractivity contribution in [3.05, 3.63) is 59.7 Å². The van der Waals surface area contributed by atoms with Crippen molar-refractivity contribution in [1.82, 2.24) is 0 Å². The number of benzene rings is 2. The van der Waals surface area contributed by atoms with E-state index < -0.39 is 0 Å². The molecule has 0 N–H and O–H groups in total. The van der Waals surface area contributed by atoms with Crippen LogP contribution in [0.2, 0.25) is 0 Å². The van der Waals surface area contributed by atoms with Crippen LogP contribution in [0.15, 0.2) is 48.5 Å². The lowest BCUT2D eigenvalue weighted by atomic mass is 9.95. The van der Waals surface area contributed by atoms with E-state index in [1.807, 2.05) is 0 Å². The highest BCUT2D eigenvalue weighted by atomic mass is 14.1. The molecule has 88 valence electrons. The van der Waals surface area contributed by atoms with E-state index in [-0.39, 0.29) is 0 Å². The van der Waals surface area contributed by atoms with Crippen LogP contribution in [-0.4, -0.2) is 0 Å². The Kier molecular flexibility index (Phi) is 3.98. The molecule has 0 bridgehead atoms. The second kappa shape index (κ2) is 5.67. The molecule has 2 aromatic carbocycles. The van der Waals surface area contributed by atoms with Gasteiger partial charge in [0.15, 0.2) is 0 Å². The molecule has 0 aliphatic heterocycles. The van der Waals surface area contributed by atoms with Crippen LogP contribution < -0.4 is 0 Å². The molecular formula is C17H20. The molecule has 0 amide bonds. The van der Waals surface area contributed by atoms with Crippen LogP contribution in [0.4, 0.5) is 0 Å². The number of hydrogen-bond donors (Lipinski definition) is 0. The van der Waals surface area contributed by atoms with Gasteiger partial charge in [-0.25, -0.2) is 0 Å². The summed E-state index contributed by atoms with van der Waals surface area (Å²) in [4.78, 5) is 0. The van der Waals surface area contributed by atoms with Crippen molar-refractivity contribution in [3.8, 4) is 11.1 Å². The minimum absolute atomic E-state index is 1.10. The minimum atomic E-state index is 1.10. The van der Waals surface area contributed by atoms with Crippen LogP contribution in [-0.2, 0) is 12.8 Å². The molecule has 0 spiro atoms. The summed E-state index contributed by atoms with van der Waals surface area (Å²) in [6.45, 7) is 4.44. The zero-order valence-corrected chi connectivity index (χ0v) is 10.7. The maximum Gasteiger partial charge on any atom is -0.0152 e. The Labute approximate surface area is 104 Å². The standard InChI is InChI=1S/C17H20/c1-3-8-15-10-5-6-12-17(15)16-11-7-9-14(4-2)13-16/h5-7,9-13H,3-4,8H2,1-2H3. The average molecular weight is 224 g/mol. The van der Waals surface area contributed by atoms with Gasteiger partial charge < -0.3 is 0 Å². The first-order chi connectivity index (χ1) is 8.35. The highest BCUT2D eigenvalue weighted by Crippen LogP contribution is 2.25. The molecule has 2 rings (SSSR count). The second-order valence-electron chi connectivity index (χ2n) is 4.46. The van der Waals surface area contributed by atoms with E-state index in [4.69, 9.17) is 0 Å². The minimum Gasteiger partial charge on any atom is -0.0651 e. The van der Waals surface area contributed by atoms with E-state index in [0.29, 0.717) is 0 Å². The Bertz CT molecular complexity index is 483. The Morgan fingerprint density at radius 2 is 1.71 bits per heavy atom. The highest BCUT2D eigenvalue weighted by molar-refractivity contribution is 5.68. The summed E-state index contributed by atoms with van der Waals surface area (Å²) in [5.74, 6) is 0. The first-order valence-corrected chi connectivity index (χ1v) is 6.52. The van der Waals surface area contributed by atoms with E-state index in [9.17, 15) is 0 Å². The zero-order valence-electron chi connectivity index (χ0n) is 10.7. The van der Waals surface area contributed by atoms with Crippen LogP contribution in [0.3, 0.4) is 0 Å². The summed E-state index contributed by atoms with van der Waals surface area (Å²) in [7, 11) is 0. The molecule has 0 aliphatic carbocycles. The lowest BCUT2D eigenvalue weighted by Gasteiger charge is -2.09. The van der Waals surface area contributed by atoms with Crippen LogP contribution in [0.25, 0.3) is 11.1 Å². The molecule has 0 saturated heterocycles. The molecule has 17 heavy (non-hydrogen) atoms. The van der Waals surface area contributed by atoms with Gasteiger partial charge in [-0.2, -0.15) is 0 Å². The van der Waals surface area contributed by atoms with Crippen molar-refractivity contribution in [3.63, 3.8) is 0 Å². The van der Waals surface area contributed by atoms with Crippen molar-refractivity contribution in [2.24, 2.45) is 0 Å². The Morgan fingerprint density at radius 3 is 2.47 bits per heavy atom. The normalized spacial score (nSPS) is 10.5. The molecule has 0 aliphatic rings. The molecule has 0 heterocycles. The van der Waals surface area contributed by atoms with E-state index in [1.165, 1.54) is 28.7 Å². The number of rotatable bonds is 4. The molecule has 0 aromatic heterocycles. The van der Waals surface area contributed by atoms with Gasteiger partial charge in [-0.15, -0.1) is 0 Å². The molecule has 2 aromatic rings. The van der Waals surface area contributed by atoms with Gasteiger partial charge in [0.1, 0.15) is 0 Å². The summed E-state index contributed by atoms with van der Waals surface area (Å²) >= 11 is 0. The van der Waals surface area contributed by atoms with Crippen LogP contribution >= 0.6 is 0 Å². The monoisotopic (exact) mass is 224 g/mol. The van der Waals surface area contributed by atoms with E-state index in [1.54, 1.807) is 0 Å². The van der Waals surface area contributed by atoms with Gasteiger partial charge in [-0.1, -0.05) is 68.8 Å². The Hall–Kier alpha value is -1.56. The Balaban J connectivity index is 2.44. The van der Waals surface area contributed by atoms with Gasteiger partial charge in [-0.05, 0) is 35.1 Å². The van der Waals surface area contributed by atoms with E-state index in [0.717, 1.165) is 12.8 Å². The quantitative estimate of drug-likeness (QED) is 0.695. The number of aryl methyl sites for hydroxylation is 2. The molecule has 0 radical (unpaired) electrons. The van der Waals surface area contributed by atoms with Crippen molar-refractivity contribution >= 4 is 0 Å². The summed E-state index contributed by atoms with van der Waals surface area (Å²) in [6.07, 6.45) is 3.46. The van der Waals surface area contributed by atoms with E-state index >= 15 is 0 Å². The number of hydrogen-bond acceptors (Lipinski definition) is 0. The maximum atomic E-state index is 2.31. The SMILES string of the molecule is CCCc1ccccc1-c1cccc(CC)c1. The second-order valence-corrected chi connectivity index (χ2v) is 4.46. The molecule has 0 heteroatoms. The fraction of sp³-hybridized carbons (Fsp3) is 0.294. The Morgan fingerprint density at radius 1 is 0.882 bits per heavy atom. The van der Waals surface area contributed by atoms with Gasteiger partial charge in [-0.3, -0.25) is 0 Å². The predicted octanol–water partition coefficient (Wildman–Crippen LogP) is 4.87. The summed E-state index contributed by atoms with van der Waals surface area (Å²) in [6, 6.07) is 17.6. The van der Waals surface area contributed by atoms with Crippen molar-refractivity contribution < 1.29 is 0 Å². The van der Waals surface area contributed by atoms with Crippen LogP contribution in [0.5, 0.6) is 0 Å². The van der Waals surface area contributed by atoms with Crippen LogP contribution in [0, 0.1) is 0 Å². The van der Waals surface area contributed by atoms with Gasteiger partial charge in [0.05, 0.1) is 0 Å². The largest absolute Gasteiger partial charge is 0.0651 e. The highest BCUT2D eigenvalue weighted by Gasteiger charge is 2.03. The van der Waals surface area contributed by atoms with E-state index in [2.05, 4.69) is 62.4 Å². The molecular weight excluding hydrogens is 204 g/mol. The van der Waals surface area contributed by atoms with Crippen LogP contribution in [0.1, 0.15) is 31.4 Å². The maximum absolute atomic E-state index is 2.31. The van der Waals surface area contributed by atoms with Gasteiger partial charge in [0.25, 0.3) is 0 Å². The summed E-state index contributed by atoms with van der Waals surface area (Å²) < 4.78 is 0. The first-order valence-electron chi connectivity index (χ1n) is 6.52. The average Bonchev–Trinajstić information content (AvgIpc) is 2.40. The zero-order chi connectivity index (χ0) is 12.1. The molecule has 0 unspecified atom stereocenters. The van der Waals surface area contributed by atoms with Crippen molar-refractivity contribution in [2.75, 3.05) is 0 Å². The fourth-order valence-corrected chi connectivity index (χ4v) is 2.25. The fourth-order valence-electron chi connectivity index (χ4n) is 2.25. The topological polar surface area (TPSA) is 0 Å². The smallest absolute Gasteiger partial charge is 0.0152 e. The third-order valence-electron chi connectivity index (χ3n) is 3.18. The molecule has 0 nitrogen and oxygen atoms in total.